The molecule has 0 saturated carbocycles. The summed E-state index contributed by atoms with van der Waals surface area (Å²) < 4.78 is 0. The van der Waals surface area contributed by atoms with Crippen LogP contribution in [0.5, 0.6) is 0 Å². The van der Waals surface area contributed by atoms with E-state index in [4.69, 9.17) is 9.94 Å². The zero-order valence-electron chi connectivity index (χ0n) is 17.5. The van der Waals surface area contributed by atoms with E-state index in [0.29, 0.717) is 5.69 Å². The Hall–Kier alpha value is -4.57. The highest BCUT2D eigenvalue weighted by molar-refractivity contribution is 6.24. The first-order chi connectivity index (χ1) is 16.4. The van der Waals surface area contributed by atoms with E-state index in [1.807, 2.05) is 0 Å². The third kappa shape index (κ3) is 3.28. The fourth-order valence-electron chi connectivity index (χ4n) is 4.44. The minimum Gasteiger partial charge on any atom is -0.478 e. The highest BCUT2D eigenvalue weighted by Crippen LogP contribution is 2.49. The number of nitrogens with zero attached hydrogens (tertiary/aromatic N) is 3. The number of imide groups is 1. The molecule has 0 unspecified atom stereocenters. The largest absolute Gasteiger partial charge is 0.478 e. The summed E-state index contributed by atoms with van der Waals surface area (Å²) in [6.45, 7) is 0. The molecule has 2 aliphatic rings. The lowest BCUT2D eigenvalue weighted by atomic mass is 9.89. The van der Waals surface area contributed by atoms with Crippen LogP contribution in [-0.2, 0) is 14.4 Å². The Labute approximate surface area is 192 Å². The van der Waals surface area contributed by atoms with E-state index >= 15 is 0 Å². The molecule has 2 heterocycles. The van der Waals surface area contributed by atoms with Crippen LogP contribution in [0.4, 0.5) is 17.1 Å². The Morgan fingerprint density at radius 3 is 2.18 bits per heavy atom. The van der Waals surface area contributed by atoms with Crippen LogP contribution in [0.2, 0.25) is 0 Å². The lowest BCUT2D eigenvalue weighted by molar-refractivity contribution is -0.385. The number of carbonyl (C=O) groups is 3. The first kappa shape index (κ1) is 21.3. The van der Waals surface area contributed by atoms with Crippen LogP contribution in [0.15, 0.2) is 78.9 Å². The summed E-state index contributed by atoms with van der Waals surface area (Å²) in [5, 5.41) is 22.3. The van der Waals surface area contributed by atoms with Gasteiger partial charge < -0.3 is 5.11 Å². The van der Waals surface area contributed by atoms with Gasteiger partial charge in [0.1, 0.15) is 12.0 Å². The van der Waals surface area contributed by atoms with Gasteiger partial charge in [0.15, 0.2) is 6.10 Å². The summed E-state index contributed by atoms with van der Waals surface area (Å²) in [5.41, 5.74) is 0.797. The smallest absolute Gasteiger partial charge is 0.335 e. The third-order valence-electron chi connectivity index (χ3n) is 5.95. The topological polar surface area (TPSA) is 130 Å². The second-order valence-corrected chi connectivity index (χ2v) is 7.84. The van der Waals surface area contributed by atoms with Crippen molar-refractivity contribution in [3.63, 3.8) is 0 Å². The first-order valence-electron chi connectivity index (χ1n) is 10.3. The lowest BCUT2D eigenvalue weighted by Crippen LogP contribution is -2.37. The first-order valence-corrected chi connectivity index (χ1v) is 10.3. The van der Waals surface area contributed by atoms with Gasteiger partial charge in [0.25, 0.3) is 11.6 Å². The van der Waals surface area contributed by atoms with Crippen LogP contribution >= 0.6 is 0 Å². The van der Waals surface area contributed by atoms with Crippen LogP contribution in [0.3, 0.4) is 0 Å². The molecule has 0 aromatic heterocycles. The molecule has 3 aromatic rings. The van der Waals surface area contributed by atoms with E-state index in [-0.39, 0.29) is 22.5 Å². The van der Waals surface area contributed by atoms with Gasteiger partial charge in [-0.05, 0) is 42.5 Å². The van der Waals surface area contributed by atoms with Crippen LogP contribution in [0.25, 0.3) is 0 Å². The molecule has 0 aliphatic carbocycles. The molecule has 10 nitrogen and oxygen atoms in total. The molecule has 1 N–H and O–H groups in total. The number of fused-ring (bicyclic) bond motifs is 1. The van der Waals surface area contributed by atoms with Gasteiger partial charge in [-0.3, -0.25) is 24.5 Å². The summed E-state index contributed by atoms with van der Waals surface area (Å²) in [7, 11) is 0. The second kappa shape index (κ2) is 8.09. The van der Waals surface area contributed by atoms with Gasteiger partial charge in [-0.25, -0.2) is 14.8 Å². The number of anilines is 2. The SMILES string of the molecule is O=C(O)c1ccc(N2C(=O)[C@H]3[C@H](ON(c4ccccc4)[C@H]3c3ccccc3[N+](=O)[O-])C2=O)cc1. The average Bonchev–Trinajstić information content (AvgIpc) is 3.35. The van der Waals surface area contributed by atoms with Crippen molar-refractivity contribution in [1.29, 1.82) is 0 Å². The Balaban J connectivity index is 1.60. The van der Waals surface area contributed by atoms with E-state index in [1.54, 1.807) is 42.5 Å². The Morgan fingerprint density at radius 1 is 0.882 bits per heavy atom. The summed E-state index contributed by atoms with van der Waals surface area (Å²) in [4.78, 5) is 56.2. The van der Waals surface area contributed by atoms with Gasteiger partial charge >= 0.3 is 5.97 Å². The molecule has 34 heavy (non-hydrogen) atoms. The van der Waals surface area contributed by atoms with Crippen molar-refractivity contribution in [2.75, 3.05) is 9.96 Å². The van der Waals surface area contributed by atoms with Crippen LogP contribution in [0, 0.1) is 16.0 Å². The molecule has 0 bridgehead atoms. The Bertz CT molecular complexity index is 1310. The number of carboxylic acids is 1. The number of hydrogen-bond acceptors (Lipinski definition) is 7. The summed E-state index contributed by atoms with van der Waals surface area (Å²) in [6, 6.07) is 19.2. The fourth-order valence-corrected chi connectivity index (χ4v) is 4.44. The normalized spacial score (nSPS) is 21.6. The van der Waals surface area contributed by atoms with Crippen molar-refractivity contribution < 1.29 is 29.3 Å². The van der Waals surface area contributed by atoms with Crippen LogP contribution < -0.4 is 9.96 Å². The molecule has 2 fully saturated rings. The molecule has 3 aromatic carbocycles. The molecule has 10 heteroatoms. The lowest BCUT2D eigenvalue weighted by Gasteiger charge is -2.28. The number of hydrogen-bond donors (Lipinski definition) is 1. The number of hydroxylamine groups is 1. The number of amides is 2. The van der Waals surface area contributed by atoms with Gasteiger partial charge in [-0.2, -0.15) is 0 Å². The average molecular weight is 459 g/mol. The minimum atomic E-state index is -1.20. The number of carboxylic acid groups (broad SMARTS) is 1. The molecule has 2 aliphatic heterocycles. The van der Waals surface area contributed by atoms with Crippen LogP contribution in [-0.4, -0.2) is 33.9 Å². The predicted octanol–water partition coefficient (Wildman–Crippen LogP) is 3.34. The number of nitro benzene ring substituents is 1. The maximum Gasteiger partial charge on any atom is 0.335 e. The standard InChI is InChI=1S/C24H17N3O7/c28-22-19-20(17-8-4-5-9-18(17)27(32)33)26(16-6-2-1-3-7-16)34-21(19)23(29)25(22)15-12-10-14(11-13-15)24(30)31/h1-13,19-21H,(H,30,31)/t19-,20+,21+/m1/s1. The summed E-state index contributed by atoms with van der Waals surface area (Å²) >= 11 is 0. The number of aromatic carboxylic acids is 1. The van der Waals surface area contributed by atoms with E-state index < -0.39 is 40.8 Å². The van der Waals surface area contributed by atoms with Crippen molar-refractivity contribution >= 4 is 34.8 Å². The predicted molar refractivity (Wildman–Crippen MR) is 119 cm³/mol. The molecular formula is C24H17N3O7. The third-order valence-corrected chi connectivity index (χ3v) is 5.95. The molecule has 2 amide bonds. The van der Waals surface area contributed by atoms with Gasteiger partial charge in [-0.1, -0.05) is 30.3 Å². The van der Waals surface area contributed by atoms with E-state index in [2.05, 4.69) is 0 Å². The van der Waals surface area contributed by atoms with Crippen LogP contribution in [0.1, 0.15) is 22.0 Å². The van der Waals surface area contributed by atoms with Gasteiger partial charge in [-0.15, -0.1) is 0 Å². The van der Waals surface area contributed by atoms with E-state index in [9.17, 15) is 24.5 Å². The van der Waals surface area contributed by atoms with Crippen molar-refractivity contribution in [3.05, 3.63) is 100 Å². The quantitative estimate of drug-likeness (QED) is 0.349. The number of carbonyl (C=O) groups excluding carboxylic acids is 2. The maximum absolute atomic E-state index is 13.6. The number of benzene rings is 3. The number of nitro groups is 1. The number of para-hydroxylation sites is 2. The van der Waals surface area contributed by atoms with Gasteiger partial charge in [0.05, 0.1) is 27.4 Å². The molecule has 0 radical (unpaired) electrons. The molecule has 5 rings (SSSR count). The number of rotatable bonds is 5. The molecular weight excluding hydrogens is 442 g/mol. The summed E-state index contributed by atoms with van der Waals surface area (Å²) in [5.74, 6) is -3.39. The monoisotopic (exact) mass is 459 g/mol. The highest BCUT2D eigenvalue weighted by atomic mass is 16.7. The minimum absolute atomic E-state index is 0.00679. The van der Waals surface area contributed by atoms with Crippen molar-refractivity contribution in [1.82, 2.24) is 0 Å². The molecule has 2 saturated heterocycles. The zero-order valence-corrected chi connectivity index (χ0v) is 17.5. The maximum atomic E-state index is 13.6. The second-order valence-electron chi connectivity index (χ2n) is 7.84. The van der Waals surface area contributed by atoms with E-state index in [0.717, 1.165) is 4.90 Å². The van der Waals surface area contributed by atoms with Gasteiger partial charge in [0, 0.05) is 6.07 Å². The summed E-state index contributed by atoms with van der Waals surface area (Å²) in [6.07, 6.45) is -1.20. The molecule has 3 atom stereocenters. The molecule has 170 valence electrons. The molecule has 0 spiro atoms. The fraction of sp³-hybridized carbons (Fsp3) is 0.125. The van der Waals surface area contributed by atoms with Crippen molar-refractivity contribution in [2.24, 2.45) is 5.92 Å². The Morgan fingerprint density at radius 2 is 1.53 bits per heavy atom. The van der Waals surface area contributed by atoms with Crippen molar-refractivity contribution in [3.8, 4) is 0 Å². The highest BCUT2D eigenvalue weighted by Gasteiger charge is 2.61. The zero-order chi connectivity index (χ0) is 24.0. The van der Waals surface area contributed by atoms with Gasteiger partial charge in [0.2, 0.25) is 5.91 Å². The van der Waals surface area contributed by atoms with E-state index in [1.165, 1.54) is 41.5 Å². The van der Waals surface area contributed by atoms with Crippen molar-refractivity contribution in [2.45, 2.75) is 12.1 Å². The Kier molecular flexibility index (Phi) is 5.06.